The molecule has 0 radical (unpaired) electrons. The van der Waals surface area contributed by atoms with Gasteiger partial charge in [0.1, 0.15) is 0 Å². The van der Waals surface area contributed by atoms with Crippen LogP contribution >= 0.6 is 34.7 Å². The summed E-state index contributed by atoms with van der Waals surface area (Å²) in [7, 11) is 0. The highest BCUT2D eigenvalue weighted by Gasteiger charge is 1.97. The third kappa shape index (κ3) is 3.81. The van der Waals surface area contributed by atoms with Gasteiger partial charge in [0, 0.05) is 10.6 Å². The molecule has 0 saturated heterocycles. The second-order valence-corrected chi connectivity index (χ2v) is 5.31. The summed E-state index contributed by atoms with van der Waals surface area (Å²) in [5, 5.41) is 0. The number of thioether (sulfide) groups is 1. The minimum Gasteiger partial charge on any atom is -0.330 e. The van der Waals surface area contributed by atoms with E-state index >= 15 is 0 Å². The zero-order valence-electron chi connectivity index (χ0n) is 6.75. The minimum atomic E-state index is 0.790. The van der Waals surface area contributed by atoms with Crippen LogP contribution in [0.15, 0.2) is 12.1 Å². The molecule has 1 rings (SSSR count). The van der Waals surface area contributed by atoms with Crippen LogP contribution in [0.1, 0.15) is 11.3 Å². The molecule has 0 amide bonds. The lowest BCUT2D eigenvalue weighted by molar-refractivity contribution is 0.943. The maximum atomic E-state index is 5.79. The zero-order chi connectivity index (χ0) is 8.81. The van der Waals surface area contributed by atoms with E-state index in [9.17, 15) is 0 Å². The fourth-order valence-corrected chi connectivity index (χ4v) is 2.97. The van der Waals surface area contributed by atoms with Crippen LogP contribution in [0.3, 0.4) is 0 Å². The molecule has 0 aromatic carbocycles. The molecule has 0 aliphatic heterocycles. The molecule has 12 heavy (non-hydrogen) atoms. The molecular weight excluding hydrogens is 210 g/mol. The highest BCUT2D eigenvalue weighted by Crippen LogP contribution is 2.25. The fraction of sp³-hybridized carbons (Fsp3) is 0.500. The third-order valence-corrected chi connectivity index (χ3v) is 3.87. The summed E-state index contributed by atoms with van der Waals surface area (Å²) in [6.45, 7) is 0.790. The predicted molar refractivity (Wildman–Crippen MR) is 59.2 cm³/mol. The first kappa shape index (κ1) is 10.4. The van der Waals surface area contributed by atoms with E-state index in [4.69, 9.17) is 17.3 Å². The quantitative estimate of drug-likeness (QED) is 0.774. The van der Waals surface area contributed by atoms with Crippen LogP contribution in [0, 0.1) is 0 Å². The van der Waals surface area contributed by atoms with Gasteiger partial charge in [0.15, 0.2) is 0 Å². The van der Waals surface area contributed by atoms with Gasteiger partial charge in [0.2, 0.25) is 0 Å². The Morgan fingerprint density at radius 2 is 2.33 bits per heavy atom. The van der Waals surface area contributed by atoms with E-state index in [2.05, 4.69) is 6.07 Å². The molecule has 2 N–H and O–H groups in total. The molecule has 1 heterocycles. The van der Waals surface area contributed by atoms with E-state index in [-0.39, 0.29) is 0 Å². The lowest BCUT2D eigenvalue weighted by Gasteiger charge is -1.96. The Kier molecular flexibility index (Phi) is 5.07. The maximum Gasteiger partial charge on any atom is 0.0931 e. The summed E-state index contributed by atoms with van der Waals surface area (Å²) in [5.74, 6) is 2.21. The highest BCUT2D eigenvalue weighted by atomic mass is 35.5. The van der Waals surface area contributed by atoms with E-state index in [0.29, 0.717) is 0 Å². The largest absolute Gasteiger partial charge is 0.330 e. The molecule has 0 aliphatic rings. The Morgan fingerprint density at radius 1 is 1.50 bits per heavy atom. The first-order valence-corrected chi connectivity index (χ1v) is 6.20. The Morgan fingerprint density at radius 3 is 2.92 bits per heavy atom. The van der Waals surface area contributed by atoms with Crippen molar-refractivity contribution >= 4 is 34.7 Å². The van der Waals surface area contributed by atoms with Crippen molar-refractivity contribution in [2.75, 3.05) is 12.3 Å². The van der Waals surface area contributed by atoms with Gasteiger partial charge < -0.3 is 5.73 Å². The third-order valence-electron chi connectivity index (χ3n) is 1.37. The van der Waals surface area contributed by atoms with E-state index in [1.54, 1.807) is 11.3 Å². The van der Waals surface area contributed by atoms with Crippen LogP contribution in [0.4, 0.5) is 0 Å². The molecule has 0 aliphatic carbocycles. The molecule has 0 spiro atoms. The van der Waals surface area contributed by atoms with Crippen LogP contribution < -0.4 is 5.73 Å². The number of hydrogen-bond acceptors (Lipinski definition) is 3. The van der Waals surface area contributed by atoms with Gasteiger partial charge in [-0.15, -0.1) is 11.3 Å². The first-order chi connectivity index (χ1) is 5.83. The van der Waals surface area contributed by atoms with E-state index in [1.165, 1.54) is 4.88 Å². The van der Waals surface area contributed by atoms with Crippen LogP contribution in [0.5, 0.6) is 0 Å². The Bertz CT molecular complexity index is 225. The summed E-state index contributed by atoms with van der Waals surface area (Å²) < 4.78 is 0.879. The summed E-state index contributed by atoms with van der Waals surface area (Å²) in [4.78, 5) is 1.35. The fourth-order valence-electron chi connectivity index (χ4n) is 0.787. The Balaban J connectivity index is 2.15. The standard InChI is InChI=1S/C8H12ClNS2/c9-8-3-2-7(12-8)6-11-5-1-4-10/h2-3H,1,4-6,10H2. The van der Waals surface area contributed by atoms with Crippen LogP contribution in [-0.2, 0) is 5.75 Å². The minimum absolute atomic E-state index is 0.790. The molecule has 1 aromatic heterocycles. The molecule has 0 atom stereocenters. The van der Waals surface area contributed by atoms with Crippen molar-refractivity contribution in [2.45, 2.75) is 12.2 Å². The van der Waals surface area contributed by atoms with Gasteiger partial charge in [-0.2, -0.15) is 11.8 Å². The summed E-state index contributed by atoms with van der Waals surface area (Å²) >= 11 is 9.36. The van der Waals surface area contributed by atoms with E-state index < -0.39 is 0 Å². The number of thiophene rings is 1. The number of nitrogens with two attached hydrogens (primary N) is 1. The molecule has 1 aromatic rings. The monoisotopic (exact) mass is 221 g/mol. The lowest BCUT2D eigenvalue weighted by Crippen LogP contribution is -1.99. The van der Waals surface area contributed by atoms with Gasteiger partial charge in [-0.05, 0) is 30.9 Å². The van der Waals surface area contributed by atoms with Crippen LogP contribution in [0.2, 0.25) is 4.34 Å². The van der Waals surface area contributed by atoms with Crippen molar-refractivity contribution in [2.24, 2.45) is 5.73 Å². The van der Waals surface area contributed by atoms with Gasteiger partial charge in [-0.3, -0.25) is 0 Å². The average molecular weight is 222 g/mol. The Hall–Kier alpha value is 0.300. The highest BCUT2D eigenvalue weighted by molar-refractivity contribution is 7.98. The smallest absolute Gasteiger partial charge is 0.0931 e. The molecule has 68 valence electrons. The van der Waals surface area contributed by atoms with Gasteiger partial charge >= 0.3 is 0 Å². The van der Waals surface area contributed by atoms with Gasteiger partial charge in [-0.25, -0.2) is 0 Å². The average Bonchev–Trinajstić information content (AvgIpc) is 2.45. The molecule has 0 saturated carbocycles. The molecule has 0 bridgehead atoms. The van der Waals surface area contributed by atoms with Crippen molar-refractivity contribution < 1.29 is 0 Å². The number of rotatable bonds is 5. The topological polar surface area (TPSA) is 26.0 Å². The first-order valence-electron chi connectivity index (χ1n) is 3.85. The van der Waals surface area contributed by atoms with Crippen LogP contribution in [-0.4, -0.2) is 12.3 Å². The number of halogens is 1. The second kappa shape index (κ2) is 5.86. The van der Waals surface area contributed by atoms with Crippen molar-refractivity contribution in [3.63, 3.8) is 0 Å². The molecule has 0 unspecified atom stereocenters. The lowest BCUT2D eigenvalue weighted by atomic mass is 10.5. The number of hydrogen-bond donors (Lipinski definition) is 1. The Labute approximate surface area is 86.3 Å². The van der Waals surface area contributed by atoms with Crippen LogP contribution in [0.25, 0.3) is 0 Å². The van der Waals surface area contributed by atoms with Crippen molar-refractivity contribution in [3.05, 3.63) is 21.3 Å². The molecule has 1 nitrogen and oxygen atoms in total. The van der Waals surface area contributed by atoms with E-state index in [1.807, 2.05) is 17.8 Å². The summed E-state index contributed by atoms with van der Waals surface area (Å²) in [6, 6.07) is 4.04. The van der Waals surface area contributed by atoms with Crippen molar-refractivity contribution in [1.29, 1.82) is 0 Å². The van der Waals surface area contributed by atoms with Crippen molar-refractivity contribution in [3.8, 4) is 0 Å². The van der Waals surface area contributed by atoms with Gasteiger partial charge in [0.05, 0.1) is 4.34 Å². The second-order valence-electron chi connectivity index (χ2n) is 2.40. The molecule has 0 fully saturated rings. The molecular formula is C8H12ClNS2. The zero-order valence-corrected chi connectivity index (χ0v) is 9.14. The summed E-state index contributed by atoms with van der Waals surface area (Å²) in [5.41, 5.74) is 5.38. The predicted octanol–water partition coefficient (Wildman–Crippen LogP) is 2.98. The van der Waals surface area contributed by atoms with E-state index in [0.717, 1.165) is 28.8 Å². The molecule has 4 heteroatoms. The van der Waals surface area contributed by atoms with Crippen molar-refractivity contribution in [1.82, 2.24) is 0 Å². The summed E-state index contributed by atoms with van der Waals surface area (Å²) in [6.07, 6.45) is 1.10. The SMILES string of the molecule is NCCCSCc1ccc(Cl)s1. The van der Waals surface area contributed by atoms with Gasteiger partial charge in [-0.1, -0.05) is 11.6 Å². The normalized spacial score (nSPS) is 10.5. The maximum absolute atomic E-state index is 5.79. The van der Waals surface area contributed by atoms with Gasteiger partial charge in [0.25, 0.3) is 0 Å².